The SMILES string of the molecule is C=C1C[C@H](CCCCCCCCCCOc2c3ccoc3cc3oc(=O)ccc23)OC1=O. The first-order valence-electron chi connectivity index (χ1n) is 11.6. The molecule has 4 rings (SSSR count). The molecule has 0 aliphatic carbocycles. The fourth-order valence-electron chi connectivity index (χ4n) is 4.27. The number of fused-ring (bicyclic) bond motifs is 2. The normalized spacial score (nSPS) is 16.2. The van der Waals surface area contributed by atoms with Crippen LogP contribution in [0.2, 0.25) is 0 Å². The molecule has 6 nitrogen and oxygen atoms in total. The minimum Gasteiger partial charge on any atom is -0.492 e. The standard InChI is InChI=1S/C26H30O6/c1-18-16-19(31-26(18)28)10-8-6-4-2-3-5-7-9-14-30-25-20-11-12-24(27)32-23(20)17-22-21(25)13-15-29-22/h11-13,15,17,19H,1-10,14,16H2/t19-/m0/s1. The first kappa shape index (κ1) is 22.2. The lowest BCUT2D eigenvalue weighted by Gasteiger charge is -2.10. The first-order chi connectivity index (χ1) is 15.6. The fraction of sp³-hybridized carbons (Fsp3) is 0.462. The van der Waals surface area contributed by atoms with E-state index in [9.17, 15) is 9.59 Å². The number of rotatable bonds is 12. The second kappa shape index (κ2) is 10.5. The van der Waals surface area contributed by atoms with Crippen molar-refractivity contribution in [3.63, 3.8) is 0 Å². The molecule has 6 heteroatoms. The molecule has 32 heavy (non-hydrogen) atoms. The fourth-order valence-corrected chi connectivity index (χ4v) is 4.27. The Bertz CT molecular complexity index is 1120. The van der Waals surface area contributed by atoms with Gasteiger partial charge in [0.2, 0.25) is 0 Å². The van der Waals surface area contributed by atoms with Crippen LogP contribution in [-0.4, -0.2) is 18.7 Å². The van der Waals surface area contributed by atoms with E-state index in [0.29, 0.717) is 35.5 Å². The minimum absolute atomic E-state index is 0.0519. The third-order valence-electron chi connectivity index (χ3n) is 6.01. The van der Waals surface area contributed by atoms with Crippen molar-refractivity contribution in [2.45, 2.75) is 70.3 Å². The Morgan fingerprint density at radius 3 is 2.38 bits per heavy atom. The monoisotopic (exact) mass is 438 g/mol. The maximum atomic E-state index is 11.5. The van der Waals surface area contributed by atoms with Crippen molar-refractivity contribution in [3.8, 4) is 5.75 Å². The molecule has 0 saturated carbocycles. The highest BCUT2D eigenvalue weighted by molar-refractivity contribution is 6.01. The second-order valence-electron chi connectivity index (χ2n) is 8.50. The van der Waals surface area contributed by atoms with Gasteiger partial charge in [0.15, 0.2) is 0 Å². The molecule has 1 aliphatic heterocycles. The van der Waals surface area contributed by atoms with Crippen LogP contribution in [0.25, 0.3) is 21.9 Å². The summed E-state index contributed by atoms with van der Waals surface area (Å²) in [4.78, 5) is 22.8. The van der Waals surface area contributed by atoms with E-state index in [1.165, 1.54) is 38.2 Å². The molecular weight excluding hydrogens is 408 g/mol. The van der Waals surface area contributed by atoms with Crippen molar-refractivity contribution in [3.05, 3.63) is 53.1 Å². The van der Waals surface area contributed by atoms with Crippen LogP contribution < -0.4 is 10.4 Å². The summed E-state index contributed by atoms with van der Waals surface area (Å²) in [6.45, 7) is 4.34. The molecule has 3 heterocycles. The number of carbonyl (C=O) groups excluding carboxylic acids is 1. The second-order valence-corrected chi connectivity index (χ2v) is 8.50. The summed E-state index contributed by atoms with van der Waals surface area (Å²) in [5, 5.41) is 1.68. The Balaban J connectivity index is 1.11. The Hall–Kier alpha value is -3.02. The number of hydrogen-bond donors (Lipinski definition) is 0. The van der Waals surface area contributed by atoms with Gasteiger partial charge in [-0.3, -0.25) is 0 Å². The molecule has 1 saturated heterocycles. The zero-order valence-corrected chi connectivity index (χ0v) is 18.4. The van der Waals surface area contributed by atoms with Crippen molar-refractivity contribution in [1.82, 2.24) is 0 Å². The number of benzene rings is 1. The highest BCUT2D eigenvalue weighted by atomic mass is 16.5. The molecule has 1 aliphatic rings. The van der Waals surface area contributed by atoms with Crippen LogP contribution >= 0.6 is 0 Å². The summed E-state index contributed by atoms with van der Waals surface area (Å²) in [5.74, 6) is 0.492. The van der Waals surface area contributed by atoms with Gasteiger partial charge in [-0.1, -0.05) is 45.1 Å². The lowest BCUT2D eigenvalue weighted by molar-refractivity contribution is -0.139. The first-order valence-corrected chi connectivity index (χ1v) is 11.6. The summed E-state index contributed by atoms with van der Waals surface area (Å²) in [6.07, 6.45) is 12.6. The molecular formula is C26H30O6. The van der Waals surface area contributed by atoms with Crippen molar-refractivity contribution in [2.75, 3.05) is 6.61 Å². The third-order valence-corrected chi connectivity index (χ3v) is 6.01. The third kappa shape index (κ3) is 5.42. The van der Waals surface area contributed by atoms with E-state index in [2.05, 4.69) is 6.58 Å². The molecule has 1 fully saturated rings. The van der Waals surface area contributed by atoms with Crippen LogP contribution in [0.15, 0.2) is 56.3 Å². The molecule has 0 unspecified atom stereocenters. The van der Waals surface area contributed by atoms with Gasteiger partial charge in [0, 0.05) is 24.1 Å². The molecule has 170 valence electrons. The molecule has 1 atom stereocenters. The van der Waals surface area contributed by atoms with E-state index in [-0.39, 0.29) is 17.7 Å². The lowest BCUT2D eigenvalue weighted by atomic mass is 10.0. The Morgan fingerprint density at radius 2 is 1.62 bits per heavy atom. The number of unbranched alkanes of at least 4 members (excludes halogenated alkanes) is 7. The van der Waals surface area contributed by atoms with E-state index >= 15 is 0 Å². The number of furan rings is 1. The van der Waals surface area contributed by atoms with Crippen molar-refractivity contribution in [2.24, 2.45) is 0 Å². The molecule has 1 aromatic carbocycles. The summed E-state index contributed by atoms with van der Waals surface area (Å²) in [6, 6.07) is 6.77. The van der Waals surface area contributed by atoms with Crippen LogP contribution in [0.5, 0.6) is 5.75 Å². The Morgan fingerprint density at radius 1 is 0.906 bits per heavy atom. The molecule has 0 N–H and O–H groups in total. The summed E-state index contributed by atoms with van der Waals surface area (Å²) < 4.78 is 22.1. The van der Waals surface area contributed by atoms with Crippen LogP contribution in [-0.2, 0) is 9.53 Å². The zero-order valence-electron chi connectivity index (χ0n) is 18.4. The highest BCUT2D eigenvalue weighted by Crippen LogP contribution is 2.35. The molecule has 0 radical (unpaired) electrons. The molecule has 2 aromatic heterocycles. The van der Waals surface area contributed by atoms with Gasteiger partial charge in [-0.15, -0.1) is 0 Å². The smallest absolute Gasteiger partial charge is 0.336 e. The van der Waals surface area contributed by atoms with Gasteiger partial charge < -0.3 is 18.3 Å². The average Bonchev–Trinajstić information content (AvgIpc) is 3.36. The summed E-state index contributed by atoms with van der Waals surface area (Å²) in [7, 11) is 0. The van der Waals surface area contributed by atoms with Crippen LogP contribution in [0.3, 0.4) is 0 Å². The topological polar surface area (TPSA) is 78.9 Å². The van der Waals surface area contributed by atoms with E-state index in [0.717, 1.165) is 36.5 Å². The summed E-state index contributed by atoms with van der Waals surface area (Å²) >= 11 is 0. The maximum Gasteiger partial charge on any atom is 0.336 e. The van der Waals surface area contributed by atoms with E-state index in [1.54, 1.807) is 18.4 Å². The number of hydrogen-bond acceptors (Lipinski definition) is 6. The van der Waals surface area contributed by atoms with Gasteiger partial charge >= 0.3 is 11.6 Å². The van der Waals surface area contributed by atoms with Gasteiger partial charge in [0.05, 0.1) is 23.6 Å². The van der Waals surface area contributed by atoms with Crippen molar-refractivity contribution in [1.29, 1.82) is 0 Å². The molecule has 3 aromatic rings. The molecule has 0 amide bonds. The number of ether oxygens (including phenoxy) is 2. The Labute approximate surface area is 187 Å². The predicted octanol–water partition coefficient (Wildman–Crippen LogP) is 6.30. The van der Waals surface area contributed by atoms with Crippen LogP contribution in [0.1, 0.15) is 64.2 Å². The van der Waals surface area contributed by atoms with Gasteiger partial charge in [0.25, 0.3) is 0 Å². The van der Waals surface area contributed by atoms with Crippen LogP contribution in [0.4, 0.5) is 0 Å². The van der Waals surface area contributed by atoms with E-state index < -0.39 is 0 Å². The van der Waals surface area contributed by atoms with Crippen molar-refractivity contribution < 1.29 is 23.1 Å². The number of cyclic esters (lactones) is 1. The molecule has 0 spiro atoms. The van der Waals surface area contributed by atoms with Crippen molar-refractivity contribution >= 4 is 27.9 Å². The van der Waals surface area contributed by atoms with E-state index in [1.807, 2.05) is 6.07 Å². The zero-order chi connectivity index (χ0) is 22.3. The maximum absolute atomic E-state index is 11.5. The van der Waals surface area contributed by atoms with Gasteiger partial charge in [-0.25, -0.2) is 9.59 Å². The van der Waals surface area contributed by atoms with Crippen LogP contribution in [0, 0.1) is 0 Å². The lowest BCUT2D eigenvalue weighted by Crippen LogP contribution is -2.06. The average molecular weight is 439 g/mol. The quantitative estimate of drug-likeness (QED) is 0.143. The number of carbonyl (C=O) groups is 1. The highest BCUT2D eigenvalue weighted by Gasteiger charge is 2.26. The van der Waals surface area contributed by atoms with Gasteiger partial charge in [-0.05, 0) is 31.4 Å². The Kier molecular flexibility index (Phi) is 7.30. The van der Waals surface area contributed by atoms with Gasteiger partial charge in [0.1, 0.15) is 23.0 Å². The predicted molar refractivity (Wildman–Crippen MR) is 123 cm³/mol. The largest absolute Gasteiger partial charge is 0.492 e. The summed E-state index contributed by atoms with van der Waals surface area (Å²) in [5.41, 5.74) is 1.35. The van der Waals surface area contributed by atoms with Gasteiger partial charge in [-0.2, -0.15) is 0 Å². The minimum atomic E-state index is -0.387. The van der Waals surface area contributed by atoms with E-state index in [4.69, 9.17) is 18.3 Å². The number of esters is 1. The molecule has 0 bridgehead atoms.